The van der Waals surface area contributed by atoms with Crippen molar-refractivity contribution < 1.29 is 17.9 Å². The molecule has 1 fully saturated rings. The van der Waals surface area contributed by atoms with E-state index in [1.807, 2.05) is 0 Å². The molecule has 1 unspecified atom stereocenters. The molecule has 0 amide bonds. The van der Waals surface area contributed by atoms with Gasteiger partial charge in [-0.2, -0.15) is 0 Å². The van der Waals surface area contributed by atoms with E-state index in [1.165, 1.54) is 18.6 Å². The van der Waals surface area contributed by atoms with Crippen molar-refractivity contribution in [1.82, 2.24) is 4.72 Å². The Morgan fingerprint density at radius 3 is 2.64 bits per heavy atom. The summed E-state index contributed by atoms with van der Waals surface area (Å²) in [6, 6.07) is 4.44. The van der Waals surface area contributed by atoms with Gasteiger partial charge in [-0.15, -0.1) is 0 Å². The number of ether oxygens (including phenoxy) is 2. The number of rotatable bonds is 5. The van der Waals surface area contributed by atoms with E-state index in [0.717, 1.165) is 25.7 Å². The highest BCUT2D eigenvalue weighted by Crippen LogP contribution is 2.34. The fourth-order valence-electron chi connectivity index (χ4n) is 3.18. The standard InChI is InChI=1S/C15H22N2O4S/c16-9-13(11-4-2-1-3-5-11)17-22(18,19)12-6-7-14-15(8-12)21-10-20-14/h6-8,11,13,17H,1-5,9-10,16H2. The van der Waals surface area contributed by atoms with Gasteiger partial charge < -0.3 is 15.2 Å². The molecule has 1 heterocycles. The number of hydrogen-bond donors (Lipinski definition) is 2. The second-order valence-corrected chi connectivity index (χ2v) is 7.59. The lowest BCUT2D eigenvalue weighted by molar-refractivity contribution is 0.174. The second kappa shape index (κ2) is 6.44. The fourth-order valence-corrected chi connectivity index (χ4v) is 4.52. The van der Waals surface area contributed by atoms with E-state index in [2.05, 4.69) is 4.72 Å². The predicted molar refractivity (Wildman–Crippen MR) is 82.3 cm³/mol. The summed E-state index contributed by atoms with van der Waals surface area (Å²) in [6.07, 6.45) is 5.58. The molecule has 1 aromatic rings. The van der Waals surface area contributed by atoms with Crippen molar-refractivity contribution in [3.63, 3.8) is 0 Å². The lowest BCUT2D eigenvalue weighted by atomic mass is 9.84. The zero-order valence-electron chi connectivity index (χ0n) is 12.5. The van der Waals surface area contributed by atoms with Crippen LogP contribution in [0, 0.1) is 5.92 Å². The lowest BCUT2D eigenvalue weighted by Crippen LogP contribution is -2.45. The summed E-state index contributed by atoms with van der Waals surface area (Å²) in [6.45, 7) is 0.439. The van der Waals surface area contributed by atoms with Gasteiger partial charge in [0.15, 0.2) is 11.5 Å². The first-order valence-electron chi connectivity index (χ1n) is 7.72. The van der Waals surface area contributed by atoms with Crippen LogP contribution in [0.5, 0.6) is 11.5 Å². The molecule has 0 aromatic heterocycles. The summed E-state index contributed by atoms with van der Waals surface area (Å²) in [7, 11) is -3.61. The van der Waals surface area contributed by atoms with Gasteiger partial charge in [-0.25, -0.2) is 13.1 Å². The van der Waals surface area contributed by atoms with Crippen LogP contribution in [-0.2, 0) is 10.0 Å². The van der Waals surface area contributed by atoms with Crippen molar-refractivity contribution in [3.8, 4) is 11.5 Å². The molecule has 2 aliphatic rings. The van der Waals surface area contributed by atoms with Crippen molar-refractivity contribution in [1.29, 1.82) is 0 Å². The Morgan fingerprint density at radius 2 is 1.91 bits per heavy atom. The number of sulfonamides is 1. The van der Waals surface area contributed by atoms with Crippen LogP contribution in [0.15, 0.2) is 23.1 Å². The first-order chi connectivity index (χ1) is 10.6. The SMILES string of the molecule is NCC(NS(=O)(=O)c1ccc2c(c1)OCO2)C1CCCCC1. The molecule has 22 heavy (non-hydrogen) atoms. The normalized spacial score (nSPS) is 20.0. The number of nitrogens with two attached hydrogens (primary N) is 1. The topological polar surface area (TPSA) is 90.7 Å². The summed E-state index contributed by atoms with van der Waals surface area (Å²) in [5.41, 5.74) is 5.81. The summed E-state index contributed by atoms with van der Waals surface area (Å²) in [5.74, 6) is 1.36. The summed E-state index contributed by atoms with van der Waals surface area (Å²) < 4.78 is 38.4. The van der Waals surface area contributed by atoms with Gasteiger partial charge in [-0.1, -0.05) is 19.3 Å². The molecule has 1 aliphatic heterocycles. The van der Waals surface area contributed by atoms with E-state index in [0.29, 0.717) is 24.0 Å². The van der Waals surface area contributed by atoms with E-state index in [1.54, 1.807) is 6.07 Å². The minimum atomic E-state index is -3.61. The maximum Gasteiger partial charge on any atom is 0.241 e. The average molecular weight is 326 g/mol. The molecule has 7 heteroatoms. The van der Waals surface area contributed by atoms with Crippen molar-refractivity contribution in [3.05, 3.63) is 18.2 Å². The Bertz CT molecular complexity index is 626. The second-order valence-electron chi connectivity index (χ2n) is 5.88. The predicted octanol–water partition coefficient (Wildman–Crippen LogP) is 1.60. The van der Waals surface area contributed by atoms with Crippen molar-refractivity contribution in [2.24, 2.45) is 11.7 Å². The maximum absolute atomic E-state index is 12.6. The van der Waals surface area contributed by atoms with Gasteiger partial charge in [-0.05, 0) is 30.9 Å². The van der Waals surface area contributed by atoms with Crippen LogP contribution in [0.2, 0.25) is 0 Å². The third-order valence-electron chi connectivity index (χ3n) is 4.43. The van der Waals surface area contributed by atoms with Gasteiger partial charge >= 0.3 is 0 Å². The molecule has 0 spiro atoms. The van der Waals surface area contributed by atoms with E-state index in [4.69, 9.17) is 15.2 Å². The maximum atomic E-state index is 12.6. The van der Waals surface area contributed by atoms with Crippen LogP contribution in [-0.4, -0.2) is 27.8 Å². The number of nitrogens with one attached hydrogen (secondary N) is 1. The Labute approximate surface area is 131 Å². The van der Waals surface area contributed by atoms with E-state index >= 15 is 0 Å². The fraction of sp³-hybridized carbons (Fsp3) is 0.600. The third kappa shape index (κ3) is 3.21. The molecule has 1 aromatic carbocycles. The molecule has 3 rings (SSSR count). The molecule has 0 bridgehead atoms. The molecule has 1 atom stereocenters. The van der Waals surface area contributed by atoms with E-state index < -0.39 is 10.0 Å². The largest absolute Gasteiger partial charge is 0.454 e. The van der Waals surface area contributed by atoms with Crippen LogP contribution < -0.4 is 19.9 Å². The highest BCUT2D eigenvalue weighted by molar-refractivity contribution is 7.89. The monoisotopic (exact) mass is 326 g/mol. The van der Waals surface area contributed by atoms with Crippen molar-refractivity contribution in [2.45, 2.75) is 43.0 Å². The quantitative estimate of drug-likeness (QED) is 0.858. The van der Waals surface area contributed by atoms with Gasteiger partial charge in [0, 0.05) is 18.7 Å². The van der Waals surface area contributed by atoms with Gasteiger partial charge in [0.2, 0.25) is 16.8 Å². The Hall–Kier alpha value is -1.31. The van der Waals surface area contributed by atoms with Gasteiger partial charge in [0.05, 0.1) is 4.90 Å². The Balaban J connectivity index is 1.77. The van der Waals surface area contributed by atoms with E-state index in [-0.39, 0.29) is 17.7 Å². The summed E-state index contributed by atoms with van der Waals surface area (Å²) in [4.78, 5) is 0.186. The minimum absolute atomic E-state index is 0.125. The number of fused-ring (bicyclic) bond motifs is 1. The van der Waals surface area contributed by atoms with Crippen LogP contribution in [0.4, 0.5) is 0 Å². The lowest BCUT2D eigenvalue weighted by Gasteiger charge is -2.29. The molecule has 0 saturated heterocycles. The average Bonchev–Trinajstić information content (AvgIpc) is 3.01. The van der Waals surface area contributed by atoms with Crippen molar-refractivity contribution in [2.75, 3.05) is 13.3 Å². The van der Waals surface area contributed by atoms with Gasteiger partial charge in [0.25, 0.3) is 0 Å². The molecular weight excluding hydrogens is 304 g/mol. The Kier molecular flexibility index (Phi) is 4.56. The van der Waals surface area contributed by atoms with Gasteiger partial charge in [-0.3, -0.25) is 0 Å². The van der Waals surface area contributed by atoms with Crippen LogP contribution in [0.1, 0.15) is 32.1 Å². The summed E-state index contributed by atoms with van der Waals surface area (Å²) in [5, 5.41) is 0. The van der Waals surface area contributed by atoms with Crippen LogP contribution in [0.25, 0.3) is 0 Å². The third-order valence-corrected chi connectivity index (χ3v) is 5.92. The molecular formula is C15H22N2O4S. The molecule has 1 aliphatic carbocycles. The number of benzene rings is 1. The van der Waals surface area contributed by atoms with Crippen LogP contribution in [0.3, 0.4) is 0 Å². The molecule has 122 valence electrons. The zero-order chi connectivity index (χ0) is 15.6. The summed E-state index contributed by atoms with van der Waals surface area (Å²) >= 11 is 0. The van der Waals surface area contributed by atoms with Crippen LogP contribution >= 0.6 is 0 Å². The molecule has 0 radical (unpaired) electrons. The highest BCUT2D eigenvalue weighted by atomic mass is 32.2. The first kappa shape index (κ1) is 15.6. The minimum Gasteiger partial charge on any atom is -0.454 e. The van der Waals surface area contributed by atoms with E-state index in [9.17, 15) is 8.42 Å². The highest BCUT2D eigenvalue weighted by Gasteiger charge is 2.28. The van der Waals surface area contributed by atoms with Gasteiger partial charge in [0.1, 0.15) is 0 Å². The zero-order valence-corrected chi connectivity index (χ0v) is 13.3. The molecule has 3 N–H and O–H groups in total. The number of hydrogen-bond acceptors (Lipinski definition) is 5. The smallest absolute Gasteiger partial charge is 0.241 e. The van der Waals surface area contributed by atoms with Crippen molar-refractivity contribution >= 4 is 10.0 Å². The first-order valence-corrected chi connectivity index (χ1v) is 9.20. The molecule has 1 saturated carbocycles. The Morgan fingerprint density at radius 1 is 1.18 bits per heavy atom. The molecule has 6 nitrogen and oxygen atoms in total.